The van der Waals surface area contributed by atoms with Crippen LogP contribution in [0.25, 0.3) is 0 Å². The molecule has 0 aliphatic rings. The largest absolute Gasteiger partial charge is 0.352 e. The zero-order chi connectivity index (χ0) is 13.7. The molecule has 0 radical (unpaired) electrons. The molecule has 100 valence electrons. The molecule has 0 aromatic carbocycles. The van der Waals surface area contributed by atoms with Gasteiger partial charge >= 0.3 is 0 Å². The Kier molecular flexibility index (Phi) is 4.04. The molecule has 0 bridgehead atoms. The minimum Gasteiger partial charge on any atom is -0.352 e. The van der Waals surface area contributed by atoms with Gasteiger partial charge in [0.1, 0.15) is 18.0 Å². The average Bonchev–Trinajstić information content (AvgIpc) is 2.84. The van der Waals surface area contributed by atoms with Crippen LogP contribution in [0.15, 0.2) is 24.7 Å². The minimum absolute atomic E-state index is 0.182. The first kappa shape index (κ1) is 13.0. The topological polar surface area (TPSA) is 111 Å². The van der Waals surface area contributed by atoms with Crippen LogP contribution in [0.4, 0.5) is 5.82 Å². The molecule has 4 N–H and O–H groups in total. The monoisotopic (exact) mass is 261 g/mol. The minimum atomic E-state index is -0.182. The molecule has 0 aliphatic carbocycles. The molecule has 0 aliphatic heterocycles. The number of carbonyl (C=O) groups excluding carboxylic acids is 1. The molecular formula is C11H15N7O. The first-order valence-electron chi connectivity index (χ1n) is 5.74. The fourth-order valence-corrected chi connectivity index (χ4v) is 1.54. The number of hydrazine groups is 1. The summed E-state index contributed by atoms with van der Waals surface area (Å²) < 4.78 is 1.81. The number of nitrogens with zero attached hydrogens (tertiary/aromatic N) is 4. The smallest absolute Gasteiger partial charge is 0.252 e. The lowest BCUT2D eigenvalue weighted by molar-refractivity contribution is 0.0953. The third-order valence-electron chi connectivity index (χ3n) is 2.61. The summed E-state index contributed by atoms with van der Waals surface area (Å²) in [5.41, 5.74) is 2.88. The van der Waals surface area contributed by atoms with Gasteiger partial charge in [-0.15, -0.1) is 10.2 Å². The van der Waals surface area contributed by atoms with Crippen molar-refractivity contribution in [3.63, 3.8) is 0 Å². The lowest BCUT2D eigenvalue weighted by Gasteiger charge is -2.05. The summed E-state index contributed by atoms with van der Waals surface area (Å²) in [4.78, 5) is 15.8. The molecule has 0 saturated carbocycles. The quantitative estimate of drug-likeness (QED) is 0.493. The number of nitrogens with one attached hydrogen (secondary N) is 2. The highest BCUT2D eigenvalue weighted by atomic mass is 16.1. The number of hydrogen-bond acceptors (Lipinski definition) is 6. The molecule has 2 aromatic heterocycles. The van der Waals surface area contributed by atoms with Crippen molar-refractivity contribution in [3.05, 3.63) is 36.0 Å². The second kappa shape index (κ2) is 5.91. The average molecular weight is 261 g/mol. The number of rotatable bonds is 5. The molecule has 0 fully saturated rings. The Balaban J connectivity index is 1.85. The highest BCUT2D eigenvalue weighted by Gasteiger charge is 2.06. The molecule has 0 atom stereocenters. The predicted octanol–water partition coefficient (Wildman–Crippen LogP) is -0.532. The summed E-state index contributed by atoms with van der Waals surface area (Å²) in [5.74, 6) is 6.34. The number of carbonyl (C=O) groups is 1. The van der Waals surface area contributed by atoms with Crippen molar-refractivity contribution in [1.82, 2.24) is 25.1 Å². The normalized spacial score (nSPS) is 10.2. The first-order valence-corrected chi connectivity index (χ1v) is 5.74. The number of aromatic nitrogens is 4. The Morgan fingerprint density at radius 1 is 1.47 bits per heavy atom. The molecule has 1 amide bonds. The van der Waals surface area contributed by atoms with E-state index in [0.29, 0.717) is 24.3 Å². The number of aryl methyl sites for hydroxylation is 1. The molecule has 2 heterocycles. The molecule has 0 unspecified atom stereocenters. The van der Waals surface area contributed by atoms with Gasteiger partial charge in [0.2, 0.25) is 0 Å². The second-order valence-electron chi connectivity index (χ2n) is 3.94. The van der Waals surface area contributed by atoms with Crippen LogP contribution in [-0.2, 0) is 13.5 Å². The third-order valence-corrected chi connectivity index (χ3v) is 2.61. The maximum atomic E-state index is 11.8. The van der Waals surface area contributed by atoms with Crippen molar-refractivity contribution in [2.75, 3.05) is 12.0 Å². The fourth-order valence-electron chi connectivity index (χ4n) is 1.54. The second-order valence-corrected chi connectivity index (χ2v) is 3.94. The van der Waals surface area contributed by atoms with E-state index >= 15 is 0 Å². The Bertz CT molecular complexity index is 548. The van der Waals surface area contributed by atoms with Crippen molar-refractivity contribution in [1.29, 1.82) is 0 Å². The summed E-state index contributed by atoms with van der Waals surface area (Å²) in [6, 6.07) is 3.29. The summed E-state index contributed by atoms with van der Waals surface area (Å²) in [6.07, 6.45) is 3.71. The molecule has 0 saturated heterocycles. The summed E-state index contributed by atoms with van der Waals surface area (Å²) in [5, 5.41) is 10.5. The van der Waals surface area contributed by atoms with E-state index in [-0.39, 0.29) is 5.91 Å². The maximum Gasteiger partial charge on any atom is 0.252 e. The van der Waals surface area contributed by atoms with E-state index in [4.69, 9.17) is 5.84 Å². The fraction of sp³-hybridized carbons (Fsp3) is 0.273. The zero-order valence-electron chi connectivity index (χ0n) is 10.5. The number of amides is 1. The van der Waals surface area contributed by atoms with Gasteiger partial charge in [0.15, 0.2) is 0 Å². The highest BCUT2D eigenvalue weighted by Crippen LogP contribution is 2.03. The Labute approximate surface area is 110 Å². The van der Waals surface area contributed by atoms with E-state index < -0.39 is 0 Å². The SMILES string of the molecule is Cn1cnnc1CCNC(=O)c1ccc(NN)nc1. The summed E-state index contributed by atoms with van der Waals surface area (Å²) in [6.45, 7) is 0.488. The van der Waals surface area contributed by atoms with Crippen LogP contribution < -0.4 is 16.6 Å². The molecular weight excluding hydrogens is 246 g/mol. The lowest BCUT2D eigenvalue weighted by atomic mass is 10.2. The third kappa shape index (κ3) is 3.26. The Morgan fingerprint density at radius 3 is 2.89 bits per heavy atom. The van der Waals surface area contributed by atoms with Gasteiger partial charge < -0.3 is 15.3 Å². The molecule has 2 rings (SSSR count). The van der Waals surface area contributed by atoms with Crippen LogP contribution >= 0.6 is 0 Å². The van der Waals surface area contributed by atoms with Crippen LogP contribution in [-0.4, -0.2) is 32.2 Å². The van der Waals surface area contributed by atoms with Gasteiger partial charge in [0.05, 0.1) is 5.56 Å². The maximum absolute atomic E-state index is 11.8. The van der Waals surface area contributed by atoms with E-state index in [9.17, 15) is 4.79 Å². The Hall–Kier alpha value is -2.48. The Morgan fingerprint density at radius 2 is 2.32 bits per heavy atom. The standard InChI is InChI=1S/C11H15N7O/c1-18-7-15-17-10(18)4-5-13-11(19)8-2-3-9(16-12)14-6-8/h2-3,6-7H,4-5,12H2,1H3,(H,13,19)(H,14,16). The predicted molar refractivity (Wildman–Crippen MR) is 69.1 cm³/mol. The van der Waals surface area contributed by atoms with Crippen molar-refractivity contribution >= 4 is 11.7 Å². The van der Waals surface area contributed by atoms with Crippen LogP contribution in [0, 0.1) is 0 Å². The number of nitrogen functional groups attached to an aromatic ring is 1. The van der Waals surface area contributed by atoms with Gasteiger partial charge in [0, 0.05) is 26.2 Å². The van der Waals surface area contributed by atoms with E-state index in [2.05, 4.69) is 25.9 Å². The summed E-state index contributed by atoms with van der Waals surface area (Å²) >= 11 is 0. The van der Waals surface area contributed by atoms with Crippen molar-refractivity contribution < 1.29 is 4.79 Å². The van der Waals surface area contributed by atoms with Gasteiger partial charge in [-0.05, 0) is 12.1 Å². The number of anilines is 1. The molecule has 8 heteroatoms. The van der Waals surface area contributed by atoms with E-state index in [1.807, 2.05) is 11.6 Å². The van der Waals surface area contributed by atoms with Crippen molar-refractivity contribution in [3.8, 4) is 0 Å². The zero-order valence-corrected chi connectivity index (χ0v) is 10.5. The first-order chi connectivity index (χ1) is 9.20. The molecule has 0 spiro atoms. The molecule has 19 heavy (non-hydrogen) atoms. The number of hydrogen-bond donors (Lipinski definition) is 3. The number of nitrogens with two attached hydrogens (primary N) is 1. The van der Waals surface area contributed by atoms with E-state index in [0.717, 1.165) is 5.82 Å². The van der Waals surface area contributed by atoms with Gasteiger partial charge in [-0.1, -0.05) is 0 Å². The summed E-state index contributed by atoms with van der Waals surface area (Å²) in [7, 11) is 1.86. The van der Waals surface area contributed by atoms with Crippen LogP contribution in [0.5, 0.6) is 0 Å². The molecule has 8 nitrogen and oxygen atoms in total. The van der Waals surface area contributed by atoms with Gasteiger partial charge in [-0.2, -0.15) is 0 Å². The van der Waals surface area contributed by atoms with Crippen LogP contribution in [0.1, 0.15) is 16.2 Å². The molecule has 2 aromatic rings. The van der Waals surface area contributed by atoms with Crippen molar-refractivity contribution in [2.24, 2.45) is 12.9 Å². The lowest BCUT2D eigenvalue weighted by Crippen LogP contribution is -2.26. The van der Waals surface area contributed by atoms with Gasteiger partial charge in [-0.3, -0.25) is 4.79 Å². The van der Waals surface area contributed by atoms with E-state index in [1.54, 1.807) is 18.5 Å². The van der Waals surface area contributed by atoms with E-state index in [1.165, 1.54) is 6.20 Å². The highest BCUT2D eigenvalue weighted by molar-refractivity contribution is 5.94. The van der Waals surface area contributed by atoms with Crippen LogP contribution in [0.3, 0.4) is 0 Å². The van der Waals surface area contributed by atoms with Crippen LogP contribution in [0.2, 0.25) is 0 Å². The van der Waals surface area contributed by atoms with Crippen molar-refractivity contribution in [2.45, 2.75) is 6.42 Å². The van der Waals surface area contributed by atoms with Gasteiger partial charge in [-0.25, -0.2) is 10.8 Å². The number of pyridine rings is 1. The van der Waals surface area contributed by atoms with Gasteiger partial charge in [0.25, 0.3) is 5.91 Å².